The van der Waals surface area contributed by atoms with E-state index in [0.29, 0.717) is 37.1 Å². The number of hydrogen-bond donors (Lipinski definition) is 1. The number of aromatic nitrogens is 2. The van der Waals surface area contributed by atoms with E-state index in [1.807, 2.05) is 48.2 Å². The van der Waals surface area contributed by atoms with Gasteiger partial charge in [0.05, 0.1) is 25.8 Å². The minimum atomic E-state index is -0.236. The Morgan fingerprint density at radius 1 is 1.16 bits per heavy atom. The van der Waals surface area contributed by atoms with Gasteiger partial charge in [-0.25, -0.2) is 9.97 Å². The summed E-state index contributed by atoms with van der Waals surface area (Å²) < 4.78 is 17.5. The van der Waals surface area contributed by atoms with E-state index in [1.165, 1.54) is 6.33 Å². The van der Waals surface area contributed by atoms with Gasteiger partial charge in [-0.15, -0.1) is 0 Å². The minimum absolute atomic E-state index is 0.236. The van der Waals surface area contributed by atoms with Crippen molar-refractivity contribution in [2.45, 2.75) is 13.8 Å². The zero-order chi connectivity index (χ0) is 22.9. The van der Waals surface area contributed by atoms with Crippen molar-refractivity contribution in [3.8, 4) is 11.5 Å². The summed E-state index contributed by atoms with van der Waals surface area (Å²) in [5, 5.41) is 4.14. The van der Waals surface area contributed by atoms with Crippen LogP contribution in [0.4, 0.5) is 11.5 Å². The highest BCUT2D eigenvalue weighted by Gasteiger charge is 2.14. The van der Waals surface area contributed by atoms with Crippen LogP contribution >= 0.6 is 15.9 Å². The Morgan fingerprint density at radius 2 is 2.00 bits per heavy atom. The van der Waals surface area contributed by atoms with Crippen LogP contribution in [0.25, 0.3) is 10.9 Å². The van der Waals surface area contributed by atoms with Crippen LogP contribution in [0, 0.1) is 0 Å². The van der Waals surface area contributed by atoms with Crippen molar-refractivity contribution in [3.63, 3.8) is 0 Å². The Morgan fingerprint density at radius 3 is 2.72 bits per heavy atom. The predicted molar refractivity (Wildman–Crippen MR) is 128 cm³/mol. The highest BCUT2D eigenvalue weighted by atomic mass is 79.9. The molecule has 0 saturated heterocycles. The highest BCUT2D eigenvalue weighted by Crippen LogP contribution is 2.34. The van der Waals surface area contributed by atoms with Crippen LogP contribution in [-0.4, -0.2) is 60.8 Å². The van der Waals surface area contributed by atoms with Gasteiger partial charge >= 0.3 is 5.97 Å². The first-order chi connectivity index (χ1) is 15.5. The third kappa shape index (κ3) is 6.30. The Balaban J connectivity index is 1.75. The molecule has 0 atom stereocenters. The largest absolute Gasteiger partial charge is 0.493 e. The van der Waals surface area contributed by atoms with E-state index in [0.717, 1.165) is 27.6 Å². The van der Waals surface area contributed by atoms with Gasteiger partial charge in [-0.1, -0.05) is 28.9 Å². The summed E-state index contributed by atoms with van der Waals surface area (Å²) in [5.74, 6) is 1.60. The van der Waals surface area contributed by atoms with Gasteiger partial charge < -0.3 is 19.5 Å². The van der Waals surface area contributed by atoms with Crippen molar-refractivity contribution in [2.75, 3.05) is 45.3 Å². The molecule has 0 aliphatic rings. The van der Waals surface area contributed by atoms with E-state index in [-0.39, 0.29) is 12.5 Å². The molecule has 0 bridgehead atoms. The molecule has 1 N–H and O–H groups in total. The smallest absolute Gasteiger partial charge is 0.320 e. The molecule has 32 heavy (non-hydrogen) atoms. The fourth-order valence-corrected chi connectivity index (χ4v) is 3.56. The van der Waals surface area contributed by atoms with Gasteiger partial charge in [0.15, 0.2) is 11.5 Å². The van der Waals surface area contributed by atoms with Crippen LogP contribution in [0.5, 0.6) is 11.5 Å². The topological polar surface area (TPSA) is 85.8 Å². The first kappa shape index (κ1) is 23.7. The van der Waals surface area contributed by atoms with E-state index >= 15 is 0 Å². The molecule has 0 saturated carbocycles. The Bertz CT molecular complexity index is 1060. The molecule has 1 aromatic heterocycles. The second-order valence-corrected chi connectivity index (χ2v) is 7.82. The maximum atomic E-state index is 11.7. The van der Waals surface area contributed by atoms with Crippen molar-refractivity contribution in [3.05, 3.63) is 47.2 Å². The standard InChI is InChI=1S/C23H27BrN4O4/c1-4-28(14-22(29)31-5-2)9-10-32-21-13-19-18(12-20(21)30-3)23(26-15-25-19)27-17-8-6-7-16(24)11-17/h6-8,11-13,15H,4-5,9-10,14H2,1-3H3,(H,25,26,27). The number of hydrogen-bond acceptors (Lipinski definition) is 8. The number of fused-ring (bicyclic) bond motifs is 1. The number of nitrogens with one attached hydrogen (secondary N) is 1. The summed E-state index contributed by atoms with van der Waals surface area (Å²) in [7, 11) is 1.60. The Hall–Kier alpha value is -2.91. The number of carbonyl (C=O) groups is 1. The number of ether oxygens (including phenoxy) is 3. The first-order valence-corrected chi connectivity index (χ1v) is 11.2. The quantitative estimate of drug-likeness (QED) is 0.386. The zero-order valence-electron chi connectivity index (χ0n) is 18.4. The molecule has 9 heteroatoms. The van der Waals surface area contributed by atoms with Gasteiger partial charge in [0.25, 0.3) is 0 Å². The number of anilines is 2. The molecule has 0 spiro atoms. The number of halogens is 1. The van der Waals surface area contributed by atoms with Gasteiger partial charge in [-0.05, 0) is 37.7 Å². The molecule has 3 aromatic rings. The normalized spacial score (nSPS) is 10.9. The zero-order valence-corrected chi connectivity index (χ0v) is 20.0. The van der Waals surface area contributed by atoms with E-state index < -0.39 is 0 Å². The van der Waals surface area contributed by atoms with Crippen LogP contribution in [0.1, 0.15) is 13.8 Å². The summed E-state index contributed by atoms with van der Waals surface area (Å²) in [6.45, 7) is 6.09. The van der Waals surface area contributed by atoms with E-state index in [4.69, 9.17) is 14.2 Å². The van der Waals surface area contributed by atoms with E-state index in [9.17, 15) is 4.79 Å². The summed E-state index contributed by atoms with van der Waals surface area (Å²) in [5.41, 5.74) is 1.63. The van der Waals surface area contributed by atoms with Crippen molar-refractivity contribution in [2.24, 2.45) is 0 Å². The third-order valence-electron chi connectivity index (χ3n) is 4.78. The van der Waals surface area contributed by atoms with Crippen LogP contribution in [-0.2, 0) is 9.53 Å². The minimum Gasteiger partial charge on any atom is -0.493 e. The molecule has 0 radical (unpaired) electrons. The van der Waals surface area contributed by atoms with Gasteiger partial charge in [0.1, 0.15) is 18.8 Å². The van der Waals surface area contributed by atoms with Crippen molar-refractivity contribution in [1.29, 1.82) is 0 Å². The second-order valence-electron chi connectivity index (χ2n) is 6.90. The summed E-state index contributed by atoms with van der Waals surface area (Å²) in [6, 6.07) is 11.5. The molecule has 3 rings (SSSR count). The Kier molecular flexibility index (Phi) is 8.64. The third-order valence-corrected chi connectivity index (χ3v) is 5.27. The molecule has 0 aliphatic carbocycles. The number of likely N-dealkylation sites (N-methyl/N-ethyl adjacent to an activating group) is 1. The van der Waals surface area contributed by atoms with Crippen molar-refractivity contribution in [1.82, 2.24) is 14.9 Å². The van der Waals surface area contributed by atoms with Crippen LogP contribution in [0.3, 0.4) is 0 Å². The van der Waals surface area contributed by atoms with Gasteiger partial charge in [0, 0.05) is 28.2 Å². The lowest BCUT2D eigenvalue weighted by molar-refractivity contribution is -0.144. The SMILES string of the molecule is CCOC(=O)CN(CC)CCOc1cc2ncnc(Nc3cccc(Br)c3)c2cc1OC. The predicted octanol–water partition coefficient (Wildman–Crippen LogP) is 4.41. The molecule has 0 aliphatic heterocycles. The highest BCUT2D eigenvalue weighted by molar-refractivity contribution is 9.10. The maximum Gasteiger partial charge on any atom is 0.320 e. The number of rotatable bonds is 11. The molecule has 0 unspecified atom stereocenters. The van der Waals surface area contributed by atoms with Gasteiger partial charge in [-0.2, -0.15) is 0 Å². The molecule has 170 valence electrons. The lowest BCUT2D eigenvalue weighted by atomic mass is 10.2. The number of carbonyl (C=O) groups excluding carboxylic acids is 1. The van der Waals surface area contributed by atoms with Gasteiger partial charge in [-0.3, -0.25) is 9.69 Å². The molecular weight excluding hydrogens is 476 g/mol. The van der Waals surface area contributed by atoms with Crippen LogP contribution < -0.4 is 14.8 Å². The van der Waals surface area contributed by atoms with Crippen molar-refractivity contribution < 1.29 is 19.0 Å². The fraction of sp³-hybridized carbons (Fsp3) is 0.348. The average Bonchev–Trinajstić information content (AvgIpc) is 2.78. The number of benzene rings is 2. The molecule has 8 nitrogen and oxygen atoms in total. The molecule has 1 heterocycles. The molecule has 0 amide bonds. The first-order valence-electron chi connectivity index (χ1n) is 10.4. The fourth-order valence-electron chi connectivity index (χ4n) is 3.16. The van der Waals surface area contributed by atoms with E-state index in [1.54, 1.807) is 14.0 Å². The van der Waals surface area contributed by atoms with Crippen LogP contribution in [0.2, 0.25) is 0 Å². The number of methoxy groups -OCH3 is 1. The lowest BCUT2D eigenvalue weighted by Crippen LogP contribution is -2.34. The summed E-state index contributed by atoms with van der Waals surface area (Å²) in [4.78, 5) is 22.5. The lowest BCUT2D eigenvalue weighted by Gasteiger charge is -2.20. The maximum absolute atomic E-state index is 11.7. The van der Waals surface area contributed by atoms with Crippen molar-refractivity contribution >= 4 is 44.3 Å². The average molecular weight is 503 g/mol. The number of nitrogens with zero attached hydrogens (tertiary/aromatic N) is 3. The van der Waals surface area contributed by atoms with Crippen LogP contribution in [0.15, 0.2) is 47.2 Å². The monoisotopic (exact) mass is 502 g/mol. The second kappa shape index (κ2) is 11.6. The Labute approximate surface area is 196 Å². The number of esters is 1. The molecular formula is C23H27BrN4O4. The molecule has 0 fully saturated rings. The summed E-state index contributed by atoms with van der Waals surface area (Å²) in [6.07, 6.45) is 1.51. The van der Waals surface area contributed by atoms with E-state index in [2.05, 4.69) is 31.2 Å². The molecule has 2 aromatic carbocycles. The van der Waals surface area contributed by atoms with Gasteiger partial charge in [0.2, 0.25) is 0 Å². The summed E-state index contributed by atoms with van der Waals surface area (Å²) >= 11 is 3.48.